The lowest BCUT2D eigenvalue weighted by atomic mass is 10.2. The van der Waals surface area contributed by atoms with Crippen LogP contribution >= 0.6 is 44.1 Å². The van der Waals surface area contributed by atoms with Crippen LogP contribution in [-0.2, 0) is 11.2 Å². The molecule has 2 aromatic carbocycles. The minimum absolute atomic E-state index is 0.0618. The largest absolute Gasteiger partial charge is 0.493 e. The van der Waals surface area contributed by atoms with Crippen molar-refractivity contribution in [3.05, 3.63) is 56.5 Å². The molecule has 2 aromatic rings. The average Bonchev–Trinajstić information content (AvgIpc) is 2.75. The van der Waals surface area contributed by atoms with Crippen LogP contribution in [-0.4, -0.2) is 30.1 Å². The third kappa shape index (κ3) is 8.12. The van der Waals surface area contributed by atoms with Crippen molar-refractivity contribution in [2.75, 3.05) is 13.2 Å². The molecule has 2 rings (SSSR count). The number of carbonyl (C=O) groups excluding carboxylic acids is 2. The van der Waals surface area contributed by atoms with Crippen LogP contribution in [0.5, 0.6) is 11.5 Å². The fourth-order valence-corrected chi connectivity index (χ4v) is 3.45. The molecule has 0 aliphatic rings. The highest BCUT2D eigenvalue weighted by atomic mass is 79.9. The zero-order chi connectivity index (χ0) is 22.8. The summed E-state index contributed by atoms with van der Waals surface area (Å²) in [6, 6.07) is 10.8. The van der Waals surface area contributed by atoms with Crippen molar-refractivity contribution in [2.24, 2.45) is 0 Å². The summed E-state index contributed by atoms with van der Waals surface area (Å²) >= 11 is 11.8. The highest BCUT2D eigenvalue weighted by Gasteiger charge is 2.15. The Hall–Kier alpha value is -2.17. The topological polar surface area (TPSA) is 88.7 Å². The summed E-state index contributed by atoms with van der Waals surface area (Å²) < 4.78 is 12.6. The van der Waals surface area contributed by atoms with Gasteiger partial charge in [-0.25, -0.2) is 0 Å². The fraction of sp³-hybridized carbons (Fsp3) is 0.286. The van der Waals surface area contributed by atoms with Crippen LogP contribution in [0.4, 0.5) is 0 Å². The van der Waals surface area contributed by atoms with Crippen LogP contribution in [0.3, 0.4) is 0 Å². The zero-order valence-corrected chi connectivity index (χ0v) is 21.1. The summed E-state index contributed by atoms with van der Waals surface area (Å²) in [5.74, 6) is 0.0767. The van der Waals surface area contributed by atoms with E-state index in [1.54, 1.807) is 24.3 Å². The molecule has 0 aliphatic heterocycles. The minimum Gasteiger partial charge on any atom is -0.493 e. The molecule has 0 unspecified atom stereocenters. The summed E-state index contributed by atoms with van der Waals surface area (Å²) in [4.78, 5) is 24.6. The number of amides is 2. The Kier molecular flexibility index (Phi) is 10.2. The molecule has 166 valence electrons. The maximum atomic E-state index is 12.6. The van der Waals surface area contributed by atoms with E-state index in [0.717, 1.165) is 27.4 Å². The monoisotopic (exact) mass is 571 g/mol. The number of benzene rings is 2. The molecular formula is C21H23Br2N3O4S. The number of rotatable bonds is 8. The van der Waals surface area contributed by atoms with Crippen molar-refractivity contribution in [1.82, 2.24) is 16.2 Å². The SMILES string of the molecule is CCCOc1ccc(Br)cc1C(=O)NC(=S)NNC(=O)COc1ccc(CC)cc1Br. The standard InChI is InChI=1S/C21H23Br2N3O4S/c1-3-9-29-17-8-6-14(22)11-15(17)20(28)24-21(31)26-25-19(27)12-30-18-7-5-13(4-2)10-16(18)23/h5-8,10-11H,3-4,9,12H2,1-2H3,(H,25,27)(H2,24,26,28,31). The number of aryl methyl sites for hydroxylation is 1. The highest BCUT2D eigenvalue weighted by Crippen LogP contribution is 2.26. The minimum atomic E-state index is -0.463. The number of carbonyl (C=O) groups is 2. The van der Waals surface area contributed by atoms with Gasteiger partial charge in [-0.05, 0) is 76.9 Å². The molecule has 0 bridgehead atoms. The number of thiocarbonyl (C=S) groups is 1. The van der Waals surface area contributed by atoms with E-state index in [2.05, 4.69) is 55.0 Å². The van der Waals surface area contributed by atoms with Crippen molar-refractivity contribution >= 4 is 61.0 Å². The first-order valence-electron chi connectivity index (χ1n) is 9.57. The predicted molar refractivity (Wildman–Crippen MR) is 130 cm³/mol. The Morgan fingerprint density at radius 2 is 1.74 bits per heavy atom. The van der Waals surface area contributed by atoms with Crippen molar-refractivity contribution in [1.29, 1.82) is 0 Å². The second-order valence-electron chi connectivity index (χ2n) is 6.35. The molecule has 0 atom stereocenters. The van der Waals surface area contributed by atoms with Gasteiger partial charge in [0.25, 0.3) is 11.8 Å². The van der Waals surface area contributed by atoms with Crippen LogP contribution in [0.25, 0.3) is 0 Å². The van der Waals surface area contributed by atoms with Crippen molar-refractivity contribution in [2.45, 2.75) is 26.7 Å². The van der Waals surface area contributed by atoms with E-state index >= 15 is 0 Å². The Morgan fingerprint density at radius 3 is 2.42 bits per heavy atom. The summed E-state index contributed by atoms with van der Waals surface area (Å²) in [6.07, 6.45) is 1.71. The average molecular weight is 573 g/mol. The molecule has 10 heteroatoms. The molecule has 0 fully saturated rings. The maximum Gasteiger partial charge on any atom is 0.276 e. The Bertz CT molecular complexity index is 956. The van der Waals surface area contributed by atoms with Crippen LogP contribution in [0.2, 0.25) is 0 Å². The van der Waals surface area contributed by atoms with Gasteiger partial charge < -0.3 is 9.47 Å². The van der Waals surface area contributed by atoms with Gasteiger partial charge in [0.15, 0.2) is 11.7 Å². The summed E-state index contributed by atoms with van der Waals surface area (Å²) in [5, 5.41) is 2.45. The van der Waals surface area contributed by atoms with Gasteiger partial charge in [-0.15, -0.1) is 0 Å². The Labute approximate surface area is 203 Å². The lowest BCUT2D eigenvalue weighted by Crippen LogP contribution is -2.49. The van der Waals surface area contributed by atoms with Gasteiger partial charge in [0.1, 0.15) is 11.5 Å². The zero-order valence-electron chi connectivity index (χ0n) is 17.1. The van der Waals surface area contributed by atoms with E-state index in [1.807, 2.05) is 19.1 Å². The van der Waals surface area contributed by atoms with Crippen LogP contribution in [0, 0.1) is 0 Å². The third-order valence-electron chi connectivity index (χ3n) is 3.95. The Balaban J connectivity index is 1.84. The number of hydrogen-bond acceptors (Lipinski definition) is 5. The number of hydrazine groups is 1. The van der Waals surface area contributed by atoms with Gasteiger partial charge in [-0.3, -0.25) is 25.8 Å². The van der Waals surface area contributed by atoms with Crippen molar-refractivity contribution < 1.29 is 19.1 Å². The lowest BCUT2D eigenvalue weighted by molar-refractivity contribution is -0.123. The van der Waals surface area contributed by atoms with E-state index in [9.17, 15) is 9.59 Å². The first kappa shape index (κ1) is 25.1. The number of halogens is 2. The van der Waals surface area contributed by atoms with E-state index in [1.165, 1.54) is 0 Å². The lowest BCUT2D eigenvalue weighted by Gasteiger charge is -2.14. The molecule has 0 aliphatic carbocycles. The van der Waals surface area contributed by atoms with Crippen molar-refractivity contribution in [3.8, 4) is 11.5 Å². The van der Waals surface area contributed by atoms with Gasteiger partial charge in [-0.1, -0.05) is 35.8 Å². The van der Waals surface area contributed by atoms with Crippen LogP contribution < -0.4 is 25.6 Å². The summed E-state index contributed by atoms with van der Waals surface area (Å²) in [5.41, 5.74) is 6.35. The number of nitrogens with one attached hydrogen (secondary N) is 3. The second-order valence-corrected chi connectivity index (χ2v) is 8.53. The molecule has 0 heterocycles. The molecule has 7 nitrogen and oxygen atoms in total. The highest BCUT2D eigenvalue weighted by molar-refractivity contribution is 9.10. The van der Waals surface area contributed by atoms with E-state index in [4.69, 9.17) is 21.7 Å². The Morgan fingerprint density at radius 1 is 1.00 bits per heavy atom. The molecule has 3 N–H and O–H groups in total. The van der Waals surface area contributed by atoms with E-state index in [0.29, 0.717) is 23.7 Å². The fourth-order valence-electron chi connectivity index (χ4n) is 2.41. The first-order chi connectivity index (χ1) is 14.8. The summed E-state index contributed by atoms with van der Waals surface area (Å²) in [6.45, 7) is 4.29. The number of hydrogen-bond donors (Lipinski definition) is 3. The van der Waals surface area contributed by atoms with Crippen LogP contribution in [0.1, 0.15) is 36.2 Å². The molecule has 0 spiro atoms. The van der Waals surface area contributed by atoms with Crippen molar-refractivity contribution in [3.63, 3.8) is 0 Å². The van der Waals surface area contributed by atoms with Crippen LogP contribution in [0.15, 0.2) is 45.3 Å². The maximum absolute atomic E-state index is 12.6. The van der Waals surface area contributed by atoms with Gasteiger partial charge in [0.05, 0.1) is 16.6 Å². The molecule has 0 saturated heterocycles. The predicted octanol–water partition coefficient (Wildman–Crippen LogP) is 4.28. The van der Waals surface area contributed by atoms with Gasteiger partial charge in [-0.2, -0.15) is 0 Å². The summed E-state index contributed by atoms with van der Waals surface area (Å²) in [7, 11) is 0. The smallest absolute Gasteiger partial charge is 0.276 e. The quantitative estimate of drug-likeness (QED) is 0.323. The first-order valence-corrected chi connectivity index (χ1v) is 11.6. The molecule has 2 amide bonds. The molecule has 0 radical (unpaired) electrons. The normalized spacial score (nSPS) is 10.2. The molecule has 0 saturated carbocycles. The van der Waals surface area contributed by atoms with Gasteiger partial charge in [0.2, 0.25) is 0 Å². The second kappa shape index (κ2) is 12.6. The van der Waals surface area contributed by atoms with E-state index in [-0.39, 0.29) is 11.7 Å². The third-order valence-corrected chi connectivity index (χ3v) is 5.27. The van der Waals surface area contributed by atoms with Gasteiger partial charge >= 0.3 is 0 Å². The molecule has 0 aromatic heterocycles. The van der Waals surface area contributed by atoms with E-state index < -0.39 is 11.8 Å². The molecule has 31 heavy (non-hydrogen) atoms. The number of ether oxygens (including phenoxy) is 2. The molecular weight excluding hydrogens is 550 g/mol. The van der Waals surface area contributed by atoms with Gasteiger partial charge in [0, 0.05) is 4.47 Å².